The fourth-order valence-corrected chi connectivity index (χ4v) is 3.93. The maximum Gasteiger partial charge on any atom is -0.000671 e. The minimum Gasteiger partial charge on any atom is -0.330 e. The Hall–Kier alpha value is -0.160. The van der Waals surface area contributed by atoms with Gasteiger partial charge in [0.2, 0.25) is 0 Å². The molecule has 4 N–H and O–H groups in total. The molecule has 2 fully saturated rings. The Labute approximate surface area is 124 Å². The molecule has 2 saturated heterocycles. The molecule has 0 aromatic carbocycles. The summed E-state index contributed by atoms with van der Waals surface area (Å²) in [5.41, 5.74) is 11.2. The van der Waals surface area contributed by atoms with Gasteiger partial charge in [-0.25, -0.2) is 0 Å². The molecular weight excluding hydrogens is 248 g/mol. The Bertz CT molecular complexity index is 217. The highest BCUT2D eigenvalue weighted by Gasteiger charge is 2.29. The third kappa shape index (κ3) is 4.99. The number of nitrogens with two attached hydrogens (primary N) is 2. The Kier molecular flexibility index (Phi) is 7.28. The molecule has 2 heterocycles. The summed E-state index contributed by atoms with van der Waals surface area (Å²) in [7, 11) is 0. The number of rotatable bonds is 7. The normalized spacial score (nSPS) is 24.3. The molecule has 0 bridgehead atoms. The average Bonchev–Trinajstić information content (AvgIpc) is 2.52. The van der Waals surface area contributed by atoms with Gasteiger partial charge in [0, 0.05) is 0 Å². The molecule has 20 heavy (non-hydrogen) atoms. The molecule has 0 saturated carbocycles. The van der Waals surface area contributed by atoms with Gasteiger partial charge < -0.3 is 21.3 Å². The van der Waals surface area contributed by atoms with Gasteiger partial charge in [-0.1, -0.05) is 0 Å². The van der Waals surface area contributed by atoms with E-state index in [4.69, 9.17) is 11.5 Å². The monoisotopic (exact) mass is 282 g/mol. The first-order valence-corrected chi connectivity index (χ1v) is 8.68. The van der Waals surface area contributed by atoms with Gasteiger partial charge in [-0.2, -0.15) is 0 Å². The summed E-state index contributed by atoms with van der Waals surface area (Å²) < 4.78 is 0. The van der Waals surface area contributed by atoms with Crippen molar-refractivity contribution in [3.05, 3.63) is 0 Å². The number of nitrogens with zero attached hydrogens (tertiary/aromatic N) is 2. The van der Waals surface area contributed by atoms with Crippen LogP contribution in [0.4, 0.5) is 0 Å². The van der Waals surface area contributed by atoms with Crippen molar-refractivity contribution in [3.8, 4) is 0 Å². The molecule has 0 atom stereocenters. The Morgan fingerprint density at radius 2 is 1.00 bits per heavy atom. The molecule has 118 valence electrons. The lowest BCUT2D eigenvalue weighted by Gasteiger charge is -2.40. The topological polar surface area (TPSA) is 58.5 Å². The summed E-state index contributed by atoms with van der Waals surface area (Å²) in [5, 5.41) is 0. The predicted octanol–water partition coefficient (Wildman–Crippen LogP) is 1.11. The van der Waals surface area contributed by atoms with Crippen molar-refractivity contribution in [1.82, 2.24) is 9.80 Å². The Morgan fingerprint density at radius 3 is 1.30 bits per heavy atom. The van der Waals surface area contributed by atoms with Gasteiger partial charge in [0.05, 0.1) is 0 Å². The van der Waals surface area contributed by atoms with Crippen molar-refractivity contribution in [1.29, 1.82) is 0 Å². The second kappa shape index (κ2) is 8.98. The van der Waals surface area contributed by atoms with Crippen LogP contribution in [0.3, 0.4) is 0 Å². The fraction of sp³-hybridized carbons (Fsp3) is 1.00. The second-order valence-corrected chi connectivity index (χ2v) is 6.64. The molecule has 0 aliphatic carbocycles. The molecule has 0 spiro atoms. The molecule has 2 rings (SSSR count). The van der Waals surface area contributed by atoms with Gasteiger partial charge in [-0.05, 0) is 103 Å². The van der Waals surface area contributed by atoms with Crippen molar-refractivity contribution in [2.75, 3.05) is 52.4 Å². The fourth-order valence-electron chi connectivity index (χ4n) is 3.93. The van der Waals surface area contributed by atoms with E-state index in [2.05, 4.69) is 9.80 Å². The molecule has 0 radical (unpaired) electrons. The largest absolute Gasteiger partial charge is 0.330 e. The lowest BCUT2D eigenvalue weighted by molar-refractivity contribution is 0.0959. The first-order valence-electron chi connectivity index (χ1n) is 8.68. The van der Waals surface area contributed by atoms with Gasteiger partial charge >= 0.3 is 0 Å². The molecular formula is C16H34N4. The van der Waals surface area contributed by atoms with E-state index in [1.807, 2.05) is 0 Å². The number of likely N-dealkylation sites (tertiary alicyclic amines) is 2. The summed E-state index contributed by atoms with van der Waals surface area (Å²) in [6, 6.07) is 0. The summed E-state index contributed by atoms with van der Waals surface area (Å²) in [6.07, 6.45) is 7.97. The van der Waals surface area contributed by atoms with Crippen LogP contribution in [0.25, 0.3) is 0 Å². The van der Waals surface area contributed by atoms with Crippen LogP contribution in [0.15, 0.2) is 0 Å². The van der Waals surface area contributed by atoms with Crippen LogP contribution in [0.1, 0.15) is 38.5 Å². The zero-order chi connectivity index (χ0) is 14.2. The molecule has 0 aromatic rings. The van der Waals surface area contributed by atoms with E-state index in [0.717, 1.165) is 37.8 Å². The first-order chi connectivity index (χ1) is 9.83. The third-order valence-electron chi connectivity index (χ3n) is 5.29. The second-order valence-electron chi connectivity index (χ2n) is 6.64. The molecule has 0 amide bonds. The molecule has 4 heteroatoms. The number of hydrogen-bond acceptors (Lipinski definition) is 4. The molecule has 4 nitrogen and oxygen atoms in total. The molecule has 2 aliphatic heterocycles. The molecule has 0 unspecified atom stereocenters. The van der Waals surface area contributed by atoms with Crippen LogP contribution in [0.2, 0.25) is 0 Å². The zero-order valence-corrected chi connectivity index (χ0v) is 13.1. The van der Waals surface area contributed by atoms with Crippen molar-refractivity contribution in [3.63, 3.8) is 0 Å². The minimum absolute atomic E-state index is 0.835. The van der Waals surface area contributed by atoms with Crippen LogP contribution in [0, 0.1) is 11.8 Å². The quantitative estimate of drug-likeness (QED) is 0.734. The maximum absolute atomic E-state index is 5.60. The number of piperidine rings is 2. The van der Waals surface area contributed by atoms with Gasteiger partial charge in [0.25, 0.3) is 0 Å². The summed E-state index contributed by atoms with van der Waals surface area (Å²) in [6.45, 7) is 9.30. The lowest BCUT2D eigenvalue weighted by atomic mass is 9.79. The van der Waals surface area contributed by atoms with Crippen molar-refractivity contribution >= 4 is 0 Å². The highest BCUT2D eigenvalue weighted by molar-refractivity contribution is 4.82. The highest BCUT2D eigenvalue weighted by atomic mass is 15.1. The Morgan fingerprint density at radius 1 is 0.650 bits per heavy atom. The van der Waals surface area contributed by atoms with Gasteiger partial charge in [-0.15, -0.1) is 0 Å². The van der Waals surface area contributed by atoms with Gasteiger partial charge in [0.1, 0.15) is 0 Å². The van der Waals surface area contributed by atoms with Crippen LogP contribution < -0.4 is 11.5 Å². The van der Waals surface area contributed by atoms with E-state index in [1.165, 1.54) is 65.0 Å². The van der Waals surface area contributed by atoms with E-state index in [1.54, 1.807) is 0 Å². The van der Waals surface area contributed by atoms with Crippen molar-refractivity contribution in [2.45, 2.75) is 38.5 Å². The smallest absolute Gasteiger partial charge is 0.000671 e. The Balaban J connectivity index is 1.63. The lowest BCUT2D eigenvalue weighted by Crippen LogP contribution is -2.41. The molecule has 2 aliphatic rings. The first kappa shape index (κ1) is 16.2. The van der Waals surface area contributed by atoms with Crippen LogP contribution in [0.5, 0.6) is 0 Å². The highest BCUT2D eigenvalue weighted by Crippen LogP contribution is 2.32. The van der Waals surface area contributed by atoms with E-state index in [0.29, 0.717) is 0 Å². The maximum atomic E-state index is 5.60. The number of hydrogen-bond donors (Lipinski definition) is 2. The molecule has 0 aromatic heterocycles. The van der Waals surface area contributed by atoms with Crippen molar-refractivity contribution in [2.24, 2.45) is 23.3 Å². The average molecular weight is 282 g/mol. The standard InChI is InChI=1S/C16H34N4/c17-7-1-9-19-11-3-15(4-12-19)16-5-13-20(14-6-16)10-2-8-18/h15-16H,1-14,17-18H2. The summed E-state index contributed by atoms with van der Waals surface area (Å²) in [4.78, 5) is 5.22. The van der Waals surface area contributed by atoms with E-state index in [9.17, 15) is 0 Å². The van der Waals surface area contributed by atoms with Crippen LogP contribution in [-0.2, 0) is 0 Å². The minimum atomic E-state index is 0.835. The summed E-state index contributed by atoms with van der Waals surface area (Å²) in [5.74, 6) is 1.97. The van der Waals surface area contributed by atoms with E-state index in [-0.39, 0.29) is 0 Å². The van der Waals surface area contributed by atoms with Crippen molar-refractivity contribution < 1.29 is 0 Å². The third-order valence-corrected chi connectivity index (χ3v) is 5.29. The van der Waals surface area contributed by atoms with Gasteiger partial charge in [0.15, 0.2) is 0 Å². The predicted molar refractivity (Wildman–Crippen MR) is 85.7 cm³/mol. The van der Waals surface area contributed by atoms with Crippen LogP contribution in [-0.4, -0.2) is 62.2 Å². The van der Waals surface area contributed by atoms with E-state index >= 15 is 0 Å². The van der Waals surface area contributed by atoms with Crippen LogP contribution >= 0.6 is 0 Å². The SMILES string of the molecule is NCCCN1CCC(C2CCN(CCCN)CC2)CC1. The summed E-state index contributed by atoms with van der Waals surface area (Å²) >= 11 is 0. The van der Waals surface area contributed by atoms with Gasteiger partial charge in [-0.3, -0.25) is 0 Å². The zero-order valence-electron chi connectivity index (χ0n) is 13.1. The van der Waals surface area contributed by atoms with E-state index < -0.39 is 0 Å².